The third-order valence-corrected chi connectivity index (χ3v) is 11.9. The van der Waals surface area contributed by atoms with E-state index in [1.807, 2.05) is 0 Å². The van der Waals surface area contributed by atoms with Gasteiger partial charge < -0.3 is 55.1 Å². The molecule has 6 rings (SSSR count). The molecule has 324 valence electrons. The Morgan fingerprint density at radius 3 is 2.22 bits per heavy atom. The highest BCUT2D eigenvalue weighted by Crippen LogP contribution is 2.55. The van der Waals surface area contributed by atoms with Gasteiger partial charge in [-0.1, -0.05) is 69.7 Å². The van der Waals surface area contributed by atoms with Gasteiger partial charge in [0.25, 0.3) is 11.7 Å². The van der Waals surface area contributed by atoms with Crippen LogP contribution in [-0.2, 0) is 36.9 Å². The number of carbonyl (C=O) groups excluding carboxylic acids is 3. The van der Waals surface area contributed by atoms with Gasteiger partial charge in [0.05, 0.1) is 41.2 Å². The van der Waals surface area contributed by atoms with E-state index in [9.17, 15) is 39.9 Å². The van der Waals surface area contributed by atoms with Crippen LogP contribution in [0.1, 0.15) is 75.5 Å². The molecule has 0 unspecified atom stereocenters. The number of fused-ring (bicyclic) bond motifs is 14. The summed E-state index contributed by atoms with van der Waals surface area (Å²) >= 11 is 6.06. The van der Waals surface area contributed by atoms with Crippen molar-refractivity contribution < 1.29 is 58.9 Å². The van der Waals surface area contributed by atoms with Gasteiger partial charge in [-0.3, -0.25) is 14.4 Å². The monoisotopic (exact) mass is 850 g/mol. The van der Waals surface area contributed by atoms with Gasteiger partial charge in [-0.05, 0) is 37.6 Å². The maximum Gasteiger partial charge on any atom is 0.312 e. The number of phenols is 3. The molecule has 9 atom stereocenters. The van der Waals surface area contributed by atoms with E-state index in [1.165, 1.54) is 53.2 Å². The molecule has 3 aromatic carbocycles. The zero-order valence-corrected chi connectivity index (χ0v) is 36.0. The van der Waals surface area contributed by atoms with Crippen molar-refractivity contribution in [2.75, 3.05) is 12.4 Å². The Hall–Kier alpha value is -5.12. The van der Waals surface area contributed by atoms with Crippen molar-refractivity contribution >= 4 is 45.7 Å². The molecule has 7 N–H and O–H groups in total. The predicted octanol–water partition coefficient (Wildman–Crippen LogP) is 6.70. The van der Waals surface area contributed by atoms with Gasteiger partial charge >= 0.3 is 11.8 Å². The molecule has 15 heteroatoms. The lowest BCUT2D eigenvalue weighted by atomic mass is 9.78. The number of aliphatic hydroxyl groups excluding tert-OH is 2. The highest BCUT2D eigenvalue weighted by molar-refractivity contribution is 6.30. The third-order valence-electron chi connectivity index (χ3n) is 11.6. The molecule has 1 amide bonds. The molecule has 14 nitrogen and oxygen atoms in total. The molecule has 0 saturated carbocycles. The number of phenolic OH excluding ortho intramolecular Hbond substituents is 3. The number of benzene rings is 3. The Balaban J connectivity index is 1.68. The average molecular weight is 851 g/mol. The molecular weight excluding hydrogens is 796 g/mol. The first-order valence-electron chi connectivity index (χ1n) is 19.8. The first-order chi connectivity index (χ1) is 28.2. The summed E-state index contributed by atoms with van der Waals surface area (Å²) in [4.78, 5) is 40.5. The number of Topliss-reactive ketones (excluding diaryl/α,β-unsaturated/α-hetero) is 1. The van der Waals surface area contributed by atoms with Crippen LogP contribution in [0.2, 0.25) is 5.02 Å². The quantitative estimate of drug-likeness (QED) is 0.0783. The minimum Gasteiger partial charge on any atom is -0.507 e. The van der Waals surface area contributed by atoms with Crippen LogP contribution in [-0.4, -0.2) is 80.5 Å². The number of aromatic hydroxyl groups is 3. The van der Waals surface area contributed by atoms with Crippen LogP contribution in [0, 0.1) is 30.6 Å². The normalized spacial score (nSPS) is 29.1. The third kappa shape index (κ3) is 9.13. The van der Waals surface area contributed by atoms with Crippen LogP contribution in [0.4, 0.5) is 5.69 Å². The Morgan fingerprint density at radius 2 is 1.58 bits per heavy atom. The fourth-order valence-corrected chi connectivity index (χ4v) is 8.02. The largest absolute Gasteiger partial charge is 0.507 e. The second-order valence-electron chi connectivity index (χ2n) is 15.9. The molecule has 0 radical (unpaired) electrons. The standard InChI is InChI=1S/C45H55ClN2O12/c1-21-11-10-12-22(2)44(56)48-35-30(20-47-19-28-13-15-29(46)16-14-28)39(53)32-33(40(35)54)38(52)26(6)42-34(32)43(55)45(8,60-42)58-18-17-31(57-9)23(3)41(59-27(7)49)25(5)37(51)24(4)36(21)50/h10-18,21,23-25,31,36-37,41,47,50-54H,19-20H2,1-9H3,(H,48,56)/b11-10-,18-17?,22-12-/t21-,23+,24+,25+,31-,36-,37+,41+,45-/m0/s1. The van der Waals surface area contributed by atoms with E-state index < -0.39 is 88.8 Å². The SMILES string of the molecule is CO[C@H]1C=CO[C@@]2(C)Oc3c(C)c(O)c4c(O)c(c(CNCc5ccc(Cl)cc5)c(O)c4c3C2=O)NC(=O)/C(C)=C\C=C/[C@H](C)[C@H](O)[C@@H](C)[C@@H](O)[C@@H](C)[C@H](OC(C)=O)[C@@H]1C. The molecule has 3 aliphatic rings. The number of nitrogens with one attached hydrogen (secondary N) is 2. The zero-order valence-electron chi connectivity index (χ0n) is 35.2. The number of aliphatic hydroxyl groups is 2. The van der Waals surface area contributed by atoms with Gasteiger partial charge in [0.1, 0.15) is 23.4 Å². The number of amides is 1. The molecule has 0 fully saturated rings. The number of esters is 1. The number of hydrogen-bond donors (Lipinski definition) is 7. The topological polar surface area (TPSA) is 213 Å². The minimum atomic E-state index is -2.04. The summed E-state index contributed by atoms with van der Waals surface area (Å²) in [5, 5.41) is 64.4. The number of ketones is 1. The van der Waals surface area contributed by atoms with Crippen LogP contribution in [0.15, 0.2) is 60.4 Å². The van der Waals surface area contributed by atoms with Crippen LogP contribution in [0.5, 0.6) is 23.0 Å². The van der Waals surface area contributed by atoms with Crippen LogP contribution in [0.3, 0.4) is 0 Å². The van der Waals surface area contributed by atoms with Gasteiger partial charge in [0.15, 0.2) is 5.75 Å². The number of allylic oxidation sites excluding steroid dienone is 2. The number of ether oxygens (including phenoxy) is 4. The number of halogens is 1. The van der Waals surface area contributed by atoms with Crippen molar-refractivity contribution in [1.29, 1.82) is 0 Å². The highest BCUT2D eigenvalue weighted by atomic mass is 35.5. The Morgan fingerprint density at radius 1 is 0.917 bits per heavy atom. The lowest BCUT2D eigenvalue weighted by Gasteiger charge is -2.38. The van der Waals surface area contributed by atoms with E-state index in [0.29, 0.717) is 5.02 Å². The molecule has 60 heavy (non-hydrogen) atoms. The zero-order chi connectivity index (χ0) is 44.4. The van der Waals surface area contributed by atoms with Crippen LogP contribution < -0.4 is 15.4 Å². The molecule has 3 heterocycles. The predicted molar refractivity (Wildman–Crippen MR) is 226 cm³/mol. The first-order valence-corrected chi connectivity index (χ1v) is 20.1. The minimum absolute atomic E-state index is 0.00515. The average Bonchev–Trinajstić information content (AvgIpc) is 3.47. The molecule has 0 spiro atoms. The molecule has 0 aliphatic carbocycles. The summed E-state index contributed by atoms with van der Waals surface area (Å²) in [6, 6.07) is 7.05. The fraction of sp³-hybridized carbons (Fsp3) is 0.444. The summed E-state index contributed by atoms with van der Waals surface area (Å²) < 4.78 is 23.6. The molecule has 3 aliphatic heterocycles. The van der Waals surface area contributed by atoms with E-state index in [1.54, 1.807) is 64.1 Å². The van der Waals surface area contributed by atoms with Gasteiger partial charge in [-0.25, -0.2) is 0 Å². The fourth-order valence-electron chi connectivity index (χ4n) is 7.89. The second-order valence-corrected chi connectivity index (χ2v) is 16.3. The van der Waals surface area contributed by atoms with E-state index in [2.05, 4.69) is 10.6 Å². The van der Waals surface area contributed by atoms with Crippen LogP contribution in [0.25, 0.3) is 10.8 Å². The Labute approximate surface area is 354 Å². The lowest BCUT2D eigenvalue weighted by Crippen LogP contribution is -2.46. The van der Waals surface area contributed by atoms with Gasteiger partial charge in [-0.15, -0.1) is 0 Å². The second kappa shape index (κ2) is 18.7. The maximum absolute atomic E-state index is 14.4. The van der Waals surface area contributed by atoms with Crippen molar-refractivity contribution in [3.63, 3.8) is 0 Å². The van der Waals surface area contributed by atoms with Crippen molar-refractivity contribution in [1.82, 2.24) is 5.32 Å². The number of anilines is 1. The number of methoxy groups -OCH3 is 1. The molecule has 5 bridgehead atoms. The molecule has 0 saturated heterocycles. The van der Waals surface area contributed by atoms with Crippen LogP contribution >= 0.6 is 11.6 Å². The van der Waals surface area contributed by atoms with E-state index >= 15 is 0 Å². The van der Waals surface area contributed by atoms with E-state index in [0.717, 1.165) is 5.56 Å². The van der Waals surface area contributed by atoms with Gasteiger partial charge in [0, 0.05) is 84.8 Å². The molecule has 3 aromatic rings. The molecular formula is C45H55ClN2O12. The summed E-state index contributed by atoms with van der Waals surface area (Å²) in [6.07, 6.45) is 3.55. The number of rotatable bonds is 6. The van der Waals surface area contributed by atoms with Crippen molar-refractivity contribution in [3.05, 3.63) is 87.7 Å². The lowest BCUT2D eigenvalue weighted by molar-refractivity contribution is -0.160. The smallest absolute Gasteiger partial charge is 0.312 e. The Bertz CT molecular complexity index is 2220. The number of hydrogen-bond acceptors (Lipinski definition) is 13. The van der Waals surface area contributed by atoms with Crippen molar-refractivity contribution in [3.8, 4) is 23.0 Å². The maximum atomic E-state index is 14.4. The summed E-state index contributed by atoms with van der Waals surface area (Å²) in [5.74, 6) is -8.27. The highest BCUT2D eigenvalue weighted by Gasteiger charge is 2.50. The Kier molecular flexibility index (Phi) is 14.3. The summed E-state index contributed by atoms with van der Waals surface area (Å²) in [7, 11) is 1.43. The van der Waals surface area contributed by atoms with E-state index in [4.69, 9.17) is 30.5 Å². The molecule has 0 aromatic heterocycles. The number of carbonyl (C=O) groups is 3. The summed E-state index contributed by atoms with van der Waals surface area (Å²) in [5.41, 5.74) is 0.694. The first kappa shape index (κ1) is 46.0. The van der Waals surface area contributed by atoms with Crippen molar-refractivity contribution in [2.24, 2.45) is 23.7 Å². The van der Waals surface area contributed by atoms with Crippen molar-refractivity contribution in [2.45, 2.75) is 98.7 Å². The summed E-state index contributed by atoms with van der Waals surface area (Å²) in [6.45, 7) is 12.7. The van der Waals surface area contributed by atoms with Gasteiger partial charge in [0.2, 0.25) is 0 Å². The van der Waals surface area contributed by atoms with E-state index in [-0.39, 0.29) is 57.6 Å². The van der Waals surface area contributed by atoms with Gasteiger partial charge in [-0.2, -0.15) is 0 Å².